The van der Waals surface area contributed by atoms with E-state index < -0.39 is 0 Å². The highest BCUT2D eigenvalue weighted by Crippen LogP contribution is 2.36. The second kappa shape index (κ2) is 4.54. The topological polar surface area (TPSA) is 47.7 Å². The lowest BCUT2D eigenvalue weighted by molar-refractivity contribution is -0.648. The van der Waals surface area contributed by atoms with E-state index in [1.54, 1.807) is 0 Å². The summed E-state index contributed by atoms with van der Waals surface area (Å²) in [6.45, 7) is 0.772. The Kier molecular flexibility index (Phi) is 2.34. The van der Waals surface area contributed by atoms with Crippen molar-refractivity contribution < 1.29 is 8.98 Å². The highest BCUT2D eigenvalue weighted by molar-refractivity contribution is 6.02. The minimum absolute atomic E-state index is 0.772. The van der Waals surface area contributed by atoms with E-state index in [9.17, 15) is 0 Å². The average molecular weight is 325 g/mol. The maximum atomic E-state index is 6.37. The molecule has 1 aromatic carbocycles. The average Bonchev–Trinajstić information content (AvgIpc) is 3.29. The zero-order valence-electron chi connectivity index (χ0n) is 13.3. The van der Waals surface area contributed by atoms with Crippen LogP contribution in [0.1, 0.15) is 5.56 Å². The molecule has 25 heavy (non-hydrogen) atoms. The van der Waals surface area contributed by atoms with Crippen LogP contribution < -0.4 is 4.57 Å². The number of rotatable bonds is 1. The summed E-state index contributed by atoms with van der Waals surface area (Å²) in [6, 6.07) is 16.3. The molecule has 0 saturated heterocycles. The van der Waals surface area contributed by atoms with E-state index in [-0.39, 0.29) is 0 Å². The number of oxazole rings is 1. The summed E-state index contributed by atoms with van der Waals surface area (Å²) < 4.78 is 10.7. The van der Waals surface area contributed by atoms with Gasteiger partial charge in [0, 0.05) is 18.6 Å². The molecule has 0 atom stereocenters. The van der Waals surface area contributed by atoms with Gasteiger partial charge in [0.1, 0.15) is 0 Å². The number of benzene rings is 1. The minimum atomic E-state index is 0.772. The maximum Gasteiger partial charge on any atom is 0.383 e. The summed E-state index contributed by atoms with van der Waals surface area (Å²) >= 11 is 0. The van der Waals surface area contributed by atoms with Crippen LogP contribution in [0.25, 0.3) is 39.4 Å². The molecular formula is C20H13N4O+. The van der Waals surface area contributed by atoms with E-state index in [0.717, 1.165) is 45.9 Å². The Labute approximate surface area is 142 Å². The van der Waals surface area contributed by atoms with Gasteiger partial charge in [0.2, 0.25) is 0 Å². The van der Waals surface area contributed by atoms with Gasteiger partial charge in [0.25, 0.3) is 11.2 Å². The minimum Gasteiger partial charge on any atom is -0.380 e. The van der Waals surface area contributed by atoms with Crippen molar-refractivity contribution in [1.29, 1.82) is 0 Å². The fourth-order valence-corrected chi connectivity index (χ4v) is 3.78. The quantitative estimate of drug-likeness (QED) is 0.435. The molecule has 0 N–H and O–H groups in total. The van der Waals surface area contributed by atoms with Gasteiger partial charge in [-0.3, -0.25) is 9.55 Å². The van der Waals surface area contributed by atoms with Crippen LogP contribution in [0.5, 0.6) is 0 Å². The Balaban J connectivity index is 1.78. The van der Waals surface area contributed by atoms with Crippen molar-refractivity contribution in [1.82, 2.24) is 14.5 Å². The third kappa shape index (κ3) is 1.59. The number of pyridine rings is 2. The molecule has 0 saturated carbocycles. The number of para-hydroxylation sites is 1. The summed E-state index contributed by atoms with van der Waals surface area (Å²) in [5.74, 6) is 0.887. The van der Waals surface area contributed by atoms with Gasteiger partial charge < -0.3 is 4.42 Å². The predicted molar refractivity (Wildman–Crippen MR) is 93.4 cm³/mol. The fraction of sp³-hybridized carbons (Fsp3) is 0.0500. The summed E-state index contributed by atoms with van der Waals surface area (Å²) in [6.07, 6.45) is 5.55. The number of hydrogen-bond acceptors (Lipinski definition) is 3. The van der Waals surface area contributed by atoms with Gasteiger partial charge in [-0.05, 0) is 30.3 Å². The van der Waals surface area contributed by atoms with Crippen molar-refractivity contribution in [2.45, 2.75) is 6.54 Å². The van der Waals surface area contributed by atoms with Crippen LogP contribution in [-0.2, 0) is 6.54 Å². The fourth-order valence-electron chi connectivity index (χ4n) is 3.78. The molecule has 0 unspecified atom stereocenters. The number of hydrogen-bond donors (Lipinski definition) is 0. The van der Waals surface area contributed by atoms with Crippen molar-refractivity contribution in [2.75, 3.05) is 0 Å². The van der Waals surface area contributed by atoms with Crippen molar-refractivity contribution >= 4 is 22.3 Å². The van der Waals surface area contributed by atoms with E-state index in [1.165, 1.54) is 5.56 Å². The third-order valence-electron chi connectivity index (χ3n) is 4.84. The summed E-state index contributed by atoms with van der Waals surface area (Å²) in [7, 11) is 0. The van der Waals surface area contributed by atoms with Crippen LogP contribution in [0.4, 0.5) is 0 Å². The number of fused-ring (bicyclic) bond motifs is 7. The highest BCUT2D eigenvalue weighted by Gasteiger charge is 2.37. The Hall–Kier alpha value is -3.47. The standard InChI is InChI=1S/C20H13N4O/c1-2-5-14(6-3-1)24-18-16(7-4-9-22-18)17-20(24)25-19-15-8-10-21-11-13(15)12-23(17)19/h1-11H,12H2/q+1. The van der Waals surface area contributed by atoms with E-state index in [4.69, 9.17) is 4.42 Å². The van der Waals surface area contributed by atoms with E-state index in [0.29, 0.717) is 0 Å². The molecule has 6 rings (SSSR count). The Bertz CT molecular complexity index is 1270. The van der Waals surface area contributed by atoms with Crippen LogP contribution >= 0.6 is 0 Å². The zero-order valence-corrected chi connectivity index (χ0v) is 13.3. The van der Waals surface area contributed by atoms with Crippen LogP contribution in [-0.4, -0.2) is 14.5 Å². The summed E-state index contributed by atoms with van der Waals surface area (Å²) in [5.41, 5.74) is 6.17. The van der Waals surface area contributed by atoms with Gasteiger partial charge in [-0.25, -0.2) is 4.98 Å². The number of aromatic nitrogens is 4. The SMILES string of the molecule is c1ccc(-n2c3ncccc3c3c2oc2[n+]3Cc3cnccc3-2)cc1. The van der Waals surface area contributed by atoms with Crippen LogP contribution in [0, 0.1) is 0 Å². The molecule has 0 fully saturated rings. The lowest BCUT2D eigenvalue weighted by atomic mass is 10.2. The first-order chi connectivity index (χ1) is 12.4. The zero-order chi connectivity index (χ0) is 16.4. The molecule has 5 heterocycles. The molecule has 0 radical (unpaired) electrons. The molecule has 1 aliphatic rings. The second-order valence-corrected chi connectivity index (χ2v) is 6.23. The molecule has 118 valence electrons. The molecular weight excluding hydrogens is 312 g/mol. The first-order valence-electron chi connectivity index (χ1n) is 8.22. The second-order valence-electron chi connectivity index (χ2n) is 6.23. The first kappa shape index (κ1) is 12.9. The van der Waals surface area contributed by atoms with Gasteiger partial charge in [0.05, 0.1) is 22.2 Å². The van der Waals surface area contributed by atoms with E-state index >= 15 is 0 Å². The Morgan fingerprint density at radius 3 is 2.84 bits per heavy atom. The van der Waals surface area contributed by atoms with Crippen molar-refractivity contribution in [3.8, 4) is 17.1 Å². The van der Waals surface area contributed by atoms with Gasteiger partial charge in [-0.2, -0.15) is 0 Å². The van der Waals surface area contributed by atoms with Crippen molar-refractivity contribution in [3.05, 3.63) is 72.7 Å². The van der Waals surface area contributed by atoms with E-state index in [1.807, 2.05) is 48.9 Å². The molecule has 0 amide bonds. The van der Waals surface area contributed by atoms with Crippen LogP contribution in [0.15, 0.2) is 71.5 Å². The van der Waals surface area contributed by atoms with Gasteiger partial charge >= 0.3 is 5.89 Å². The molecule has 5 nitrogen and oxygen atoms in total. The summed E-state index contributed by atoms with van der Waals surface area (Å²) in [4.78, 5) is 8.86. The monoisotopic (exact) mass is 325 g/mol. The number of nitrogens with zero attached hydrogens (tertiary/aromatic N) is 4. The lowest BCUT2D eigenvalue weighted by Gasteiger charge is -2.03. The molecule has 5 aromatic rings. The molecule has 1 aliphatic heterocycles. The van der Waals surface area contributed by atoms with Crippen LogP contribution in [0.3, 0.4) is 0 Å². The normalized spacial score (nSPS) is 12.6. The van der Waals surface area contributed by atoms with E-state index in [2.05, 4.69) is 37.3 Å². The van der Waals surface area contributed by atoms with Gasteiger partial charge in [-0.1, -0.05) is 18.2 Å². The Morgan fingerprint density at radius 2 is 1.92 bits per heavy atom. The molecule has 5 heteroatoms. The lowest BCUT2D eigenvalue weighted by Crippen LogP contribution is -2.30. The highest BCUT2D eigenvalue weighted by atomic mass is 16.4. The smallest absolute Gasteiger partial charge is 0.380 e. The molecule has 4 aromatic heterocycles. The maximum absolute atomic E-state index is 6.37. The molecule has 0 spiro atoms. The first-order valence-corrected chi connectivity index (χ1v) is 8.22. The molecule has 0 bridgehead atoms. The molecule has 0 aliphatic carbocycles. The van der Waals surface area contributed by atoms with Crippen LogP contribution in [0.2, 0.25) is 0 Å². The van der Waals surface area contributed by atoms with Gasteiger partial charge in [-0.15, -0.1) is 4.57 Å². The summed E-state index contributed by atoms with van der Waals surface area (Å²) in [5, 5.41) is 1.09. The van der Waals surface area contributed by atoms with Crippen molar-refractivity contribution in [2.24, 2.45) is 0 Å². The van der Waals surface area contributed by atoms with Gasteiger partial charge in [0.15, 0.2) is 12.2 Å². The van der Waals surface area contributed by atoms with Crippen molar-refractivity contribution in [3.63, 3.8) is 0 Å². The Morgan fingerprint density at radius 1 is 1.00 bits per heavy atom. The third-order valence-corrected chi connectivity index (χ3v) is 4.84. The largest absolute Gasteiger partial charge is 0.383 e. The predicted octanol–water partition coefficient (Wildman–Crippen LogP) is 3.48.